The van der Waals surface area contributed by atoms with Crippen LogP contribution < -0.4 is 5.73 Å². The third-order valence-electron chi connectivity index (χ3n) is 3.49. The quantitative estimate of drug-likeness (QED) is 0.606. The lowest BCUT2D eigenvalue weighted by molar-refractivity contribution is 1.06. The average molecular weight is 361 g/mol. The molecule has 0 spiro atoms. The lowest BCUT2D eigenvalue weighted by atomic mass is 10.2. The van der Waals surface area contributed by atoms with Gasteiger partial charge in [-0.25, -0.2) is 0 Å². The average Bonchev–Trinajstić information content (AvgIpc) is 2.59. The second kappa shape index (κ2) is 7.41. The Hall–Kier alpha value is -1.45. The van der Waals surface area contributed by atoms with E-state index in [1.54, 1.807) is 0 Å². The van der Waals surface area contributed by atoms with Crippen LogP contribution in [-0.4, -0.2) is 0 Å². The molecular formula is C19H16Cl2NS+. The van der Waals surface area contributed by atoms with E-state index in [9.17, 15) is 0 Å². The number of halogens is 2. The summed E-state index contributed by atoms with van der Waals surface area (Å²) in [5.74, 6) is 0. The van der Waals surface area contributed by atoms with Gasteiger partial charge in [-0.15, -0.1) is 0 Å². The minimum absolute atomic E-state index is 0.200. The Morgan fingerprint density at radius 1 is 0.609 bits per heavy atom. The van der Waals surface area contributed by atoms with Crippen LogP contribution in [0.2, 0.25) is 10.0 Å². The molecule has 4 heteroatoms. The standard InChI is InChI=1S/C19H16Cl2NS/c20-15-3-9-18(10-4-15)23(19-11-5-16(21)6-12-19)17-7-1-14(13-22)2-8-17/h1-12H,13,22H2/q+1. The van der Waals surface area contributed by atoms with Gasteiger partial charge in [0.25, 0.3) is 0 Å². The van der Waals surface area contributed by atoms with E-state index < -0.39 is 0 Å². The molecule has 0 aliphatic heterocycles. The van der Waals surface area contributed by atoms with Crippen LogP contribution in [0.1, 0.15) is 5.56 Å². The number of rotatable bonds is 4. The van der Waals surface area contributed by atoms with Crippen molar-refractivity contribution in [3.05, 3.63) is 88.4 Å². The molecular weight excluding hydrogens is 345 g/mol. The van der Waals surface area contributed by atoms with E-state index in [2.05, 4.69) is 48.5 Å². The van der Waals surface area contributed by atoms with Crippen LogP contribution >= 0.6 is 23.2 Å². The van der Waals surface area contributed by atoms with Crippen molar-refractivity contribution in [1.29, 1.82) is 0 Å². The first-order chi connectivity index (χ1) is 11.2. The molecule has 3 rings (SSSR count). The molecule has 0 radical (unpaired) electrons. The Morgan fingerprint density at radius 3 is 1.30 bits per heavy atom. The van der Waals surface area contributed by atoms with Gasteiger partial charge in [0.15, 0.2) is 14.7 Å². The van der Waals surface area contributed by atoms with Crippen LogP contribution in [0.15, 0.2) is 87.5 Å². The zero-order valence-corrected chi connectivity index (χ0v) is 14.7. The van der Waals surface area contributed by atoms with Crippen LogP contribution in [0.5, 0.6) is 0 Å². The van der Waals surface area contributed by atoms with Gasteiger partial charge in [0, 0.05) is 16.6 Å². The van der Waals surface area contributed by atoms with Gasteiger partial charge in [0.1, 0.15) is 0 Å². The van der Waals surface area contributed by atoms with E-state index in [0.717, 1.165) is 15.6 Å². The maximum atomic E-state index is 6.04. The van der Waals surface area contributed by atoms with E-state index in [1.807, 2.05) is 24.3 Å². The van der Waals surface area contributed by atoms with Crippen LogP contribution in [-0.2, 0) is 17.4 Å². The van der Waals surface area contributed by atoms with Gasteiger partial charge < -0.3 is 5.73 Å². The van der Waals surface area contributed by atoms with Gasteiger partial charge in [-0.2, -0.15) is 0 Å². The van der Waals surface area contributed by atoms with Gasteiger partial charge in [-0.1, -0.05) is 35.3 Å². The summed E-state index contributed by atoms with van der Waals surface area (Å²) in [6.45, 7) is 0.552. The third-order valence-corrected chi connectivity index (χ3v) is 6.23. The predicted octanol–water partition coefficient (Wildman–Crippen LogP) is 5.55. The molecule has 0 aliphatic carbocycles. The fraction of sp³-hybridized carbons (Fsp3) is 0.0526. The van der Waals surface area contributed by atoms with E-state index in [1.165, 1.54) is 14.7 Å². The summed E-state index contributed by atoms with van der Waals surface area (Å²) in [6.07, 6.45) is 0. The first kappa shape index (κ1) is 16.4. The Balaban J connectivity index is 2.08. The predicted molar refractivity (Wildman–Crippen MR) is 99.4 cm³/mol. The Labute approximate surface area is 149 Å². The molecule has 0 bridgehead atoms. The van der Waals surface area contributed by atoms with Crippen molar-refractivity contribution in [3.63, 3.8) is 0 Å². The highest BCUT2D eigenvalue weighted by Crippen LogP contribution is 2.32. The smallest absolute Gasteiger partial charge is 0.166 e. The lowest BCUT2D eigenvalue weighted by Crippen LogP contribution is -2.05. The number of benzene rings is 3. The van der Waals surface area contributed by atoms with Crippen molar-refractivity contribution < 1.29 is 0 Å². The van der Waals surface area contributed by atoms with Crippen LogP contribution in [0.25, 0.3) is 0 Å². The summed E-state index contributed by atoms with van der Waals surface area (Å²) in [6, 6.07) is 24.5. The number of hydrogen-bond acceptors (Lipinski definition) is 1. The van der Waals surface area contributed by atoms with Gasteiger partial charge in [0.2, 0.25) is 0 Å². The summed E-state index contributed by atoms with van der Waals surface area (Å²) in [7, 11) is -0.200. The Morgan fingerprint density at radius 2 is 0.957 bits per heavy atom. The molecule has 23 heavy (non-hydrogen) atoms. The topological polar surface area (TPSA) is 26.0 Å². The highest BCUT2D eigenvalue weighted by molar-refractivity contribution is 7.97. The highest BCUT2D eigenvalue weighted by atomic mass is 35.5. The van der Waals surface area contributed by atoms with E-state index in [0.29, 0.717) is 6.54 Å². The molecule has 116 valence electrons. The Kier molecular flexibility index (Phi) is 5.29. The number of hydrogen-bond donors (Lipinski definition) is 1. The zero-order valence-electron chi connectivity index (χ0n) is 12.4. The van der Waals surface area contributed by atoms with Crippen molar-refractivity contribution in [2.24, 2.45) is 5.73 Å². The van der Waals surface area contributed by atoms with Gasteiger partial charge in [-0.05, 0) is 66.2 Å². The van der Waals surface area contributed by atoms with Crippen molar-refractivity contribution in [2.75, 3.05) is 0 Å². The van der Waals surface area contributed by atoms with E-state index in [-0.39, 0.29) is 10.9 Å². The third kappa shape index (κ3) is 3.91. The fourth-order valence-electron chi connectivity index (χ4n) is 2.31. The molecule has 0 aliphatic rings. The highest BCUT2D eigenvalue weighted by Gasteiger charge is 2.28. The van der Waals surface area contributed by atoms with E-state index in [4.69, 9.17) is 28.9 Å². The molecule has 3 aromatic rings. The molecule has 0 fully saturated rings. The molecule has 0 saturated heterocycles. The summed E-state index contributed by atoms with van der Waals surface area (Å²) in [4.78, 5) is 3.68. The summed E-state index contributed by atoms with van der Waals surface area (Å²) in [5.41, 5.74) is 6.83. The van der Waals surface area contributed by atoms with Crippen molar-refractivity contribution in [1.82, 2.24) is 0 Å². The zero-order chi connectivity index (χ0) is 16.2. The van der Waals surface area contributed by atoms with Crippen LogP contribution in [0.4, 0.5) is 0 Å². The summed E-state index contributed by atoms with van der Waals surface area (Å²) >= 11 is 12.1. The van der Waals surface area contributed by atoms with Crippen molar-refractivity contribution in [2.45, 2.75) is 21.2 Å². The second-order valence-electron chi connectivity index (χ2n) is 5.06. The fourth-order valence-corrected chi connectivity index (χ4v) is 4.60. The monoisotopic (exact) mass is 360 g/mol. The maximum Gasteiger partial charge on any atom is 0.166 e. The molecule has 3 aromatic carbocycles. The molecule has 0 amide bonds. The van der Waals surface area contributed by atoms with Crippen LogP contribution in [0.3, 0.4) is 0 Å². The second-order valence-corrected chi connectivity index (χ2v) is 7.96. The van der Waals surface area contributed by atoms with Gasteiger partial charge >= 0.3 is 0 Å². The van der Waals surface area contributed by atoms with Gasteiger partial charge in [0.05, 0.1) is 10.9 Å². The van der Waals surface area contributed by atoms with E-state index >= 15 is 0 Å². The summed E-state index contributed by atoms with van der Waals surface area (Å²) in [5, 5.41) is 1.48. The minimum Gasteiger partial charge on any atom is -0.326 e. The van der Waals surface area contributed by atoms with Crippen LogP contribution in [0, 0.1) is 0 Å². The molecule has 0 aromatic heterocycles. The van der Waals surface area contributed by atoms with Crippen molar-refractivity contribution >= 4 is 34.1 Å². The Bertz CT molecular complexity index is 722. The molecule has 0 saturated carbocycles. The molecule has 1 nitrogen and oxygen atoms in total. The first-order valence-corrected chi connectivity index (χ1v) is 9.20. The minimum atomic E-state index is -0.200. The molecule has 0 atom stereocenters. The lowest BCUT2D eigenvalue weighted by Gasteiger charge is -2.09. The summed E-state index contributed by atoms with van der Waals surface area (Å²) < 4.78 is 0. The largest absolute Gasteiger partial charge is 0.326 e. The SMILES string of the molecule is NCc1ccc([S+](c2ccc(Cl)cc2)c2ccc(Cl)cc2)cc1. The maximum absolute atomic E-state index is 6.04. The first-order valence-electron chi connectivity index (χ1n) is 7.22. The van der Waals surface area contributed by atoms with Gasteiger partial charge in [-0.3, -0.25) is 0 Å². The van der Waals surface area contributed by atoms with Crippen molar-refractivity contribution in [3.8, 4) is 0 Å². The normalized spacial score (nSPS) is 11.0. The molecule has 0 heterocycles. The number of nitrogens with two attached hydrogens (primary N) is 1. The molecule has 2 N–H and O–H groups in total. The molecule has 0 unspecified atom stereocenters.